The second-order valence-electron chi connectivity index (χ2n) is 4.52. The molecular weight excluding hydrogens is 210 g/mol. The van der Waals surface area contributed by atoms with E-state index in [1.54, 1.807) is 0 Å². The summed E-state index contributed by atoms with van der Waals surface area (Å²) in [6, 6.07) is 0. The molecule has 0 saturated heterocycles. The quantitative estimate of drug-likeness (QED) is 0.724. The van der Waals surface area contributed by atoms with Crippen molar-refractivity contribution in [2.75, 3.05) is 6.54 Å². The van der Waals surface area contributed by atoms with Crippen LogP contribution in [0.25, 0.3) is 0 Å². The molecule has 15 heavy (non-hydrogen) atoms. The van der Waals surface area contributed by atoms with Gasteiger partial charge in [0.15, 0.2) is 0 Å². The number of halogens is 1. The summed E-state index contributed by atoms with van der Waals surface area (Å²) >= 11 is 5.94. The lowest BCUT2D eigenvalue weighted by atomic mass is 9.87. The Morgan fingerprint density at radius 1 is 1.40 bits per heavy atom. The Balaban J connectivity index is 2.11. The monoisotopic (exact) mass is 231 g/mol. The first kappa shape index (κ1) is 12.8. The molecule has 1 saturated carbocycles. The number of amides is 1. The van der Waals surface area contributed by atoms with Gasteiger partial charge in [0.05, 0.1) is 5.38 Å². The van der Waals surface area contributed by atoms with Crippen LogP contribution < -0.4 is 5.32 Å². The molecule has 1 N–H and O–H groups in total. The van der Waals surface area contributed by atoms with Gasteiger partial charge in [-0.1, -0.05) is 26.2 Å². The zero-order chi connectivity index (χ0) is 11.1. The van der Waals surface area contributed by atoms with Crippen LogP contribution >= 0.6 is 11.6 Å². The Bertz CT molecular complexity index is 190. The van der Waals surface area contributed by atoms with Crippen molar-refractivity contribution in [3.05, 3.63) is 0 Å². The van der Waals surface area contributed by atoms with Crippen molar-refractivity contribution in [3.8, 4) is 0 Å². The molecule has 0 aromatic rings. The first-order valence-electron chi connectivity index (χ1n) is 6.13. The highest BCUT2D eigenvalue weighted by molar-refractivity contribution is 6.20. The number of rotatable bonds is 5. The zero-order valence-electron chi connectivity index (χ0n) is 9.60. The van der Waals surface area contributed by atoms with E-state index in [1.807, 2.05) is 6.92 Å². The van der Waals surface area contributed by atoms with Gasteiger partial charge in [-0.2, -0.15) is 0 Å². The van der Waals surface area contributed by atoms with E-state index in [0.717, 1.165) is 6.42 Å². The van der Waals surface area contributed by atoms with Crippen molar-refractivity contribution < 1.29 is 4.79 Å². The fraction of sp³-hybridized carbons (Fsp3) is 0.917. The summed E-state index contributed by atoms with van der Waals surface area (Å²) in [7, 11) is 0. The van der Waals surface area contributed by atoms with Crippen molar-refractivity contribution in [2.24, 2.45) is 5.92 Å². The van der Waals surface area contributed by atoms with Crippen LogP contribution in [0.15, 0.2) is 0 Å². The molecule has 0 heterocycles. The third kappa shape index (κ3) is 5.41. The molecule has 1 aliphatic carbocycles. The van der Waals surface area contributed by atoms with Crippen molar-refractivity contribution >= 4 is 17.5 Å². The fourth-order valence-corrected chi connectivity index (χ4v) is 2.17. The van der Waals surface area contributed by atoms with E-state index in [4.69, 9.17) is 11.6 Å². The average Bonchev–Trinajstić information content (AvgIpc) is 2.27. The second-order valence-corrected chi connectivity index (χ2v) is 5.13. The Morgan fingerprint density at radius 3 is 2.67 bits per heavy atom. The highest BCUT2D eigenvalue weighted by atomic mass is 35.5. The summed E-state index contributed by atoms with van der Waals surface area (Å²) in [6.07, 6.45) is 8.00. The highest BCUT2D eigenvalue weighted by Gasteiger charge is 2.17. The van der Waals surface area contributed by atoms with Gasteiger partial charge in [-0.15, -0.1) is 11.6 Å². The van der Waals surface area contributed by atoms with Gasteiger partial charge in [0.1, 0.15) is 0 Å². The number of carbonyl (C=O) groups is 1. The van der Waals surface area contributed by atoms with Gasteiger partial charge < -0.3 is 5.32 Å². The topological polar surface area (TPSA) is 29.1 Å². The first-order valence-corrected chi connectivity index (χ1v) is 6.56. The van der Waals surface area contributed by atoms with Crippen LogP contribution in [-0.4, -0.2) is 17.8 Å². The van der Waals surface area contributed by atoms with E-state index in [9.17, 15) is 4.79 Å². The summed E-state index contributed by atoms with van der Waals surface area (Å²) in [5.74, 6) is 0.801. The summed E-state index contributed by atoms with van der Waals surface area (Å²) in [6.45, 7) is 2.65. The van der Waals surface area contributed by atoms with Crippen LogP contribution in [0.1, 0.15) is 51.9 Å². The Hall–Kier alpha value is -0.240. The summed E-state index contributed by atoms with van der Waals surface area (Å²) in [5.41, 5.74) is 0. The molecule has 1 aliphatic rings. The molecule has 0 aromatic carbocycles. The lowest BCUT2D eigenvalue weighted by Gasteiger charge is -2.21. The number of hydrogen-bond donors (Lipinski definition) is 1. The standard InChI is InChI=1S/C12H22ClNO/c1-2-11(13)9-14-12(15)8-10-6-4-3-5-7-10/h10-11H,2-9H2,1H3,(H,14,15). The van der Waals surface area contributed by atoms with E-state index in [1.165, 1.54) is 32.1 Å². The molecule has 0 aliphatic heterocycles. The van der Waals surface area contributed by atoms with Gasteiger partial charge in [0.25, 0.3) is 0 Å². The zero-order valence-corrected chi connectivity index (χ0v) is 10.4. The van der Waals surface area contributed by atoms with Gasteiger partial charge in [0, 0.05) is 13.0 Å². The number of nitrogens with one attached hydrogen (secondary N) is 1. The van der Waals surface area contributed by atoms with Gasteiger partial charge in [-0.3, -0.25) is 4.79 Å². The van der Waals surface area contributed by atoms with Crippen molar-refractivity contribution in [2.45, 2.75) is 57.2 Å². The minimum atomic E-state index is 0.0836. The van der Waals surface area contributed by atoms with Crippen LogP contribution in [0, 0.1) is 5.92 Å². The van der Waals surface area contributed by atoms with Crippen LogP contribution in [0.4, 0.5) is 0 Å². The van der Waals surface area contributed by atoms with Crippen LogP contribution in [-0.2, 0) is 4.79 Å². The fourth-order valence-electron chi connectivity index (χ4n) is 2.09. The van der Waals surface area contributed by atoms with E-state index in [0.29, 0.717) is 18.9 Å². The van der Waals surface area contributed by atoms with Crippen molar-refractivity contribution in [3.63, 3.8) is 0 Å². The molecule has 1 unspecified atom stereocenters. The molecule has 0 spiro atoms. The second kappa shape index (κ2) is 7.10. The van der Waals surface area contributed by atoms with E-state index in [2.05, 4.69) is 5.32 Å². The third-order valence-corrected chi connectivity index (χ3v) is 3.63. The lowest BCUT2D eigenvalue weighted by molar-refractivity contribution is -0.122. The predicted octanol–water partition coefficient (Wildman–Crippen LogP) is 3.09. The molecule has 88 valence electrons. The minimum absolute atomic E-state index is 0.0836. The van der Waals surface area contributed by atoms with E-state index >= 15 is 0 Å². The normalized spacial score (nSPS) is 19.9. The van der Waals surface area contributed by atoms with Crippen LogP contribution in [0.3, 0.4) is 0 Å². The maximum Gasteiger partial charge on any atom is 0.220 e. The SMILES string of the molecule is CCC(Cl)CNC(=O)CC1CCCCC1. The molecule has 0 radical (unpaired) electrons. The van der Waals surface area contributed by atoms with Crippen molar-refractivity contribution in [1.29, 1.82) is 0 Å². The molecule has 1 atom stereocenters. The highest BCUT2D eigenvalue weighted by Crippen LogP contribution is 2.25. The van der Waals surface area contributed by atoms with Crippen LogP contribution in [0.5, 0.6) is 0 Å². The average molecular weight is 232 g/mol. The largest absolute Gasteiger partial charge is 0.355 e. The van der Waals surface area contributed by atoms with Gasteiger partial charge in [-0.05, 0) is 25.2 Å². The lowest BCUT2D eigenvalue weighted by Crippen LogP contribution is -2.31. The molecule has 0 bridgehead atoms. The molecule has 2 nitrogen and oxygen atoms in total. The number of alkyl halides is 1. The van der Waals surface area contributed by atoms with E-state index in [-0.39, 0.29) is 11.3 Å². The maximum atomic E-state index is 11.6. The summed E-state index contributed by atoms with van der Waals surface area (Å²) in [4.78, 5) is 11.6. The predicted molar refractivity (Wildman–Crippen MR) is 64.1 cm³/mol. The Morgan fingerprint density at radius 2 is 2.07 bits per heavy atom. The Labute approximate surface area is 97.8 Å². The summed E-state index contributed by atoms with van der Waals surface area (Å²) < 4.78 is 0. The summed E-state index contributed by atoms with van der Waals surface area (Å²) in [5, 5.41) is 2.99. The molecule has 1 fully saturated rings. The van der Waals surface area contributed by atoms with Gasteiger partial charge >= 0.3 is 0 Å². The first-order chi connectivity index (χ1) is 7.22. The smallest absolute Gasteiger partial charge is 0.220 e. The third-order valence-electron chi connectivity index (χ3n) is 3.16. The number of hydrogen-bond acceptors (Lipinski definition) is 1. The van der Waals surface area contributed by atoms with Crippen LogP contribution in [0.2, 0.25) is 0 Å². The van der Waals surface area contributed by atoms with Gasteiger partial charge in [0.2, 0.25) is 5.91 Å². The molecular formula is C12H22ClNO. The van der Waals surface area contributed by atoms with Crippen molar-refractivity contribution in [1.82, 2.24) is 5.32 Å². The number of carbonyl (C=O) groups excluding carboxylic acids is 1. The molecule has 3 heteroatoms. The minimum Gasteiger partial charge on any atom is -0.355 e. The molecule has 1 rings (SSSR count). The van der Waals surface area contributed by atoms with Gasteiger partial charge in [-0.25, -0.2) is 0 Å². The molecule has 1 amide bonds. The Kier molecular flexibility index (Phi) is 6.07. The van der Waals surface area contributed by atoms with E-state index < -0.39 is 0 Å². The maximum absolute atomic E-state index is 11.6. The molecule has 0 aromatic heterocycles.